The molecule has 1 aromatic carbocycles. The van der Waals surface area contributed by atoms with E-state index in [-0.39, 0.29) is 5.41 Å². The number of hydrogen-bond acceptors (Lipinski definition) is 4. The fourth-order valence-corrected chi connectivity index (χ4v) is 3.22. The summed E-state index contributed by atoms with van der Waals surface area (Å²) in [6.07, 6.45) is 3.16. The molecular formula is C17H23N3O. The van der Waals surface area contributed by atoms with Crippen LogP contribution in [-0.4, -0.2) is 16.7 Å². The maximum Gasteiger partial charge on any atom is 0.227 e. The van der Waals surface area contributed by atoms with Crippen LogP contribution in [0.15, 0.2) is 28.8 Å². The third-order valence-corrected chi connectivity index (χ3v) is 4.42. The van der Waals surface area contributed by atoms with E-state index >= 15 is 0 Å². The zero-order chi connectivity index (χ0) is 14.9. The van der Waals surface area contributed by atoms with Gasteiger partial charge >= 0.3 is 0 Å². The van der Waals surface area contributed by atoms with Gasteiger partial charge in [-0.2, -0.15) is 4.98 Å². The zero-order valence-electron chi connectivity index (χ0n) is 13.0. The molecule has 0 saturated heterocycles. The normalized spacial score (nSPS) is 20.2. The van der Waals surface area contributed by atoms with Gasteiger partial charge in [-0.15, -0.1) is 0 Å². The van der Waals surface area contributed by atoms with Crippen molar-refractivity contribution in [2.24, 2.45) is 0 Å². The number of nitrogens with one attached hydrogen (secondary N) is 1. The quantitative estimate of drug-likeness (QED) is 0.936. The zero-order valence-corrected chi connectivity index (χ0v) is 13.0. The molecule has 4 heteroatoms. The molecule has 0 bridgehead atoms. The Kier molecular flexibility index (Phi) is 3.81. The number of fused-ring (bicyclic) bond motifs is 1. The average Bonchev–Trinajstić information content (AvgIpc) is 2.87. The number of aromatic nitrogens is 2. The maximum absolute atomic E-state index is 5.16. The van der Waals surface area contributed by atoms with Crippen LogP contribution in [0.2, 0.25) is 0 Å². The number of benzene rings is 1. The number of nitrogens with zero attached hydrogens (tertiary/aromatic N) is 2. The second-order valence-corrected chi connectivity index (χ2v) is 6.50. The summed E-state index contributed by atoms with van der Waals surface area (Å²) < 4.78 is 5.16. The van der Waals surface area contributed by atoms with Crippen LogP contribution < -0.4 is 5.32 Å². The first kappa shape index (κ1) is 14.3. The van der Waals surface area contributed by atoms with Gasteiger partial charge in [-0.25, -0.2) is 0 Å². The predicted molar refractivity (Wildman–Crippen MR) is 82.2 cm³/mol. The van der Waals surface area contributed by atoms with Crippen LogP contribution in [0, 0.1) is 6.92 Å². The fourth-order valence-electron chi connectivity index (χ4n) is 3.22. The van der Waals surface area contributed by atoms with Crippen LogP contribution in [0.25, 0.3) is 0 Å². The molecule has 0 amide bonds. The molecule has 1 N–H and O–H groups in total. The third kappa shape index (κ3) is 3.00. The minimum absolute atomic E-state index is 0.276. The molecule has 0 saturated carbocycles. The summed E-state index contributed by atoms with van der Waals surface area (Å²) >= 11 is 0. The lowest BCUT2D eigenvalue weighted by atomic mass is 9.71. The van der Waals surface area contributed by atoms with E-state index in [0.29, 0.717) is 17.8 Å². The molecule has 0 fully saturated rings. The number of rotatable bonds is 4. The Balaban J connectivity index is 1.66. The molecule has 1 unspecified atom stereocenters. The van der Waals surface area contributed by atoms with Crippen LogP contribution in [0.1, 0.15) is 55.6 Å². The third-order valence-electron chi connectivity index (χ3n) is 4.42. The van der Waals surface area contributed by atoms with Gasteiger partial charge in [0.25, 0.3) is 0 Å². The summed E-state index contributed by atoms with van der Waals surface area (Å²) in [5, 5.41) is 7.47. The molecule has 2 aromatic rings. The lowest BCUT2D eigenvalue weighted by Gasteiger charge is -2.37. The van der Waals surface area contributed by atoms with Crippen molar-refractivity contribution in [3.05, 3.63) is 47.1 Å². The Bertz CT molecular complexity index is 618. The average molecular weight is 285 g/mol. The molecule has 1 aromatic heterocycles. The molecular weight excluding hydrogens is 262 g/mol. The van der Waals surface area contributed by atoms with Gasteiger partial charge in [-0.1, -0.05) is 43.3 Å². The highest BCUT2D eigenvalue weighted by Gasteiger charge is 2.31. The molecule has 3 rings (SSSR count). The van der Waals surface area contributed by atoms with Crippen molar-refractivity contribution in [3.8, 4) is 0 Å². The van der Waals surface area contributed by atoms with Gasteiger partial charge in [0.15, 0.2) is 5.82 Å². The van der Waals surface area contributed by atoms with E-state index in [9.17, 15) is 0 Å². The second kappa shape index (κ2) is 5.60. The Morgan fingerprint density at radius 2 is 2.14 bits per heavy atom. The minimum atomic E-state index is 0.276. The second-order valence-electron chi connectivity index (χ2n) is 6.50. The van der Waals surface area contributed by atoms with Gasteiger partial charge < -0.3 is 9.84 Å². The Morgan fingerprint density at radius 1 is 1.33 bits per heavy atom. The minimum Gasteiger partial charge on any atom is -0.339 e. The summed E-state index contributed by atoms with van der Waals surface area (Å²) in [5.41, 5.74) is 3.19. The van der Waals surface area contributed by atoms with E-state index in [0.717, 1.165) is 13.0 Å². The lowest BCUT2D eigenvalue weighted by molar-refractivity contribution is 0.344. The molecule has 1 aliphatic carbocycles. The van der Waals surface area contributed by atoms with Crippen LogP contribution in [-0.2, 0) is 11.8 Å². The van der Waals surface area contributed by atoms with E-state index in [4.69, 9.17) is 4.52 Å². The molecule has 1 heterocycles. The molecule has 0 spiro atoms. The van der Waals surface area contributed by atoms with Crippen molar-refractivity contribution in [1.29, 1.82) is 0 Å². The molecule has 4 nitrogen and oxygen atoms in total. The summed E-state index contributed by atoms with van der Waals surface area (Å²) in [4.78, 5) is 4.24. The Morgan fingerprint density at radius 3 is 2.90 bits per heavy atom. The van der Waals surface area contributed by atoms with Gasteiger partial charge in [0.05, 0.1) is 0 Å². The number of hydrogen-bond donors (Lipinski definition) is 1. The van der Waals surface area contributed by atoms with E-state index < -0.39 is 0 Å². The molecule has 0 aliphatic heterocycles. The van der Waals surface area contributed by atoms with Gasteiger partial charge in [-0.3, -0.25) is 0 Å². The lowest BCUT2D eigenvalue weighted by Crippen LogP contribution is -2.33. The molecule has 1 aliphatic rings. The van der Waals surface area contributed by atoms with Crippen LogP contribution >= 0.6 is 0 Å². The van der Waals surface area contributed by atoms with Crippen LogP contribution in [0.5, 0.6) is 0 Å². The van der Waals surface area contributed by atoms with Crippen LogP contribution in [0.4, 0.5) is 0 Å². The highest BCUT2D eigenvalue weighted by Crippen LogP contribution is 2.41. The van der Waals surface area contributed by atoms with E-state index in [2.05, 4.69) is 53.6 Å². The summed E-state index contributed by atoms with van der Waals surface area (Å²) in [6.45, 7) is 7.38. The predicted octanol–water partition coefficient (Wildman–Crippen LogP) is 3.32. The highest BCUT2D eigenvalue weighted by molar-refractivity contribution is 5.38. The Hall–Kier alpha value is -1.68. The van der Waals surface area contributed by atoms with Crippen molar-refractivity contribution < 1.29 is 4.52 Å². The monoisotopic (exact) mass is 285 g/mol. The largest absolute Gasteiger partial charge is 0.339 e. The maximum atomic E-state index is 5.16. The SMILES string of the molecule is Cc1noc(CCNC2CCC(C)(C)c3ccccc32)n1. The standard InChI is InChI=1S/C17H23N3O/c1-12-19-16(21-20-12)9-11-18-15-8-10-17(2,3)14-7-5-4-6-13(14)15/h4-7,15,18H,8-11H2,1-3H3. The van der Waals surface area contributed by atoms with Crippen molar-refractivity contribution in [2.75, 3.05) is 6.54 Å². The summed E-state index contributed by atoms with van der Waals surface area (Å²) in [6, 6.07) is 9.23. The molecule has 112 valence electrons. The summed E-state index contributed by atoms with van der Waals surface area (Å²) in [7, 11) is 0. The molecule has 1 atom stereocenters. The van der Waals surface area contributed by atoms with Crippen molar-refractivity contribution in [2.45, 2.75) is 51.5 Å². The molecule has 0 radical (unpaired) electrons. The first-order chi connectivity index (χ1) is 10.1. The topological polar surface area (TPSA) is 51.0 Å². The van der Waals surface area contributed by atoms with E-state index in [1.165, 1.54) is 24.0 Å². The van der Waals surface area contributed by atoms with Crippen molar-refractivity contribution in [3.63, 3.8) is 0 Å². The van der Waals surface area contributed by atoms with Gasteiger partial charge in [-0.05, 0) is 36.3 Å². The van der Waals surface area contributed by atoms with Crippen molar-refractivity contribution in [1.82, 2.24) is 15.5 Å². The summed E-state index contributed by atoms with van der Waals surface area (Å²) in [5.74, 6) is 1.42. The number of aryl methyl sites for hydroxylation is 1. The van der Waals surface area contributed by atoms with E-state index in [1.54, 1.807) is 0 Å². The fraction of sp³-hybridized carbons (Fsp3) is 0.529. The van der Waals surface area contributed by atoms with Gasteiger partial charge in [0.2, 0.25) is 5.89 Å². The molecule has 21 heavy (non-hydrogen) atoms. The van der Waals surface area contributed by atoms with Crippen LogP contribution in [0.3, 0.4) is 0 Å². The van der Waals surface area contributed by atoms with Crippen molar-refractivity contribution >= 4 is 0 Å². The smallest absolute Gasteiger partial charge is 0.227 e. The van der Waals surface area contributed by atoms with E-state index in [1.807, 2.05) is 6.92 Å². The first-order valence-electron chi connectivity index (χ1n) is 7.68. The van der Waals surface area contributed by atoms with Gasteiger partial charge in [0.1, 0.15) is 0 Å². The highest BCUT2D eigenvalue weighted by atomic mass is 16.5. The Labute approximate surface area is 126 Å². The first-order valence-corrected chi connectivity index (χ1v) is 7.68. The van der Waals surface area contributed by atoms with Gasteiger partial charge in [0, 0.05) is 19.0 Å².